The fourth-order valence-corrected chi connectivity index (χ4v) is 3.08. The molecule has 0 aliphatic carbocycles. The molecule has 2 rings (SSSR count). The molecule has 0 saturated carbocycles. The van der Waals surface area contributed by atoms with Crippen molar-refractivity contribution in [3.05, 3.63) is 11.1 Å². The maximum Gasteiger partial charge on any atom is 0.458 e. The van der Waals surface area contributed by atoms with Crippen molar-refractivity contribution < 1.29 is 29.2 Å². The topological polar surface area (TPSA) is 144 Å². The summed E-state index contributed by atoms with van der Waals surface area (Å²) in [6.45, 7) is 0. The molecule has 11 heteroatoms. The van der Waals surface area contributed by atoms with Gasteiger partial charge in [0, 0.05) is 17.6 Å². The Morgan fingerprint density at radius 1 is 1.54 bits per heavy atom. The minimum absolute atomic E-state index is 0.0133. The zero-order chi connectivity index (χ0) is 17.7. The number of oxime groups is 1. The van der Waals surface area contributed by atoms with Crippen LogP contribution in [0, 0.1) is 0 Å². The van der Waals surface area contributed by atoms with Crippen molar-refractivity contribution >= 4 is 41.1 Å². The van der Waals surface area contributed by atoms with Gasteiger partial charge in [0.15, 0.2) is 16.6 Å². The van der Waals surface area contributed by atoms with E-state index in [2.05, 4.69) is 10.1 Å². The minimum atomic E-state index is -1.20. The predicted molar refractivity (Wildman–Crippen MR) is 87.8 cm³/mol. The van der Waals surface area contributed by atoms with Crippen molar-refractivity contribution in [1.82, 2.24) is 4.98 Å². The average molecular weight is 355 g/mol. The second kappa shape index (κ2) is 8.22. The summed E-state index contributed by atoms with van der Waals surface area (Å²) < 4.78 is 5.28. The van der Waals surface area contributed by atoms with Gasteiger partial charge in [0.25, 0.3) is 0 Å². The van der Waals surface area contributed by atoms with Crippen LogP contribution in [0.15, 0.2) is 10.5 Å². The van der Waals surface area contributed by atoms with Crippen molar-refractivity contribution in [3.63, 3.8) is 0 Å². The van der Waals surface area contributed by atoms with Gasteiger partial charge in [-0.1, -0.05) is 5.16 Å². The highest BCUT2D eigenvalue weighted by molar-refractivity contribution is 7.13. The van der Waals surface area contributed by atoms with Gasteiger partial charge in [0.1, 0.15) is 12.8 Å². The van der Waals surface area contributed by atoms with Gasteiger partial charge in [-0.15, -0.1) is 11.3 Å². The van der Waals surface area contributed by atoms with E-state index in [4.69, 9.17) is 20.3 Å². The first-order chi connectivity index (χ1) is 11.4. The van der Waals surface area contributed by atoms with E-state index in [-0.39, 0.29) is 24.3 Å². The number of nitrogens with two attached hydrogens (primary N) is 1. The Labute approximate surface area is 142 Å². The largest absolute Gasteiger partial charge is 0.481 e. The van der Waals surface area contributed by atoms with E-state index in [0.29, 0.717) is 23.7 Å². The first-order valence-electron chi connectivity index (χ1n) is 7.31. The lowest BCUT2D eigenvalue weighted by molar-refractivity contribution is -0.139. The summed E-state index contributed by atoms with van der Waals surface area (Å²) in [7, 11) is 0.120. The lowest BCUT2D eigenvalue weighted by atomic mass is 9.64. The number of hydrogen-bond donors (Lipinski definition) is 3. The van der Waals surface area contributed by atoms with Gasteiger partial charge < -0.3 is 25.4 Å². The summed E-state index contributed by atoms with van der Waals surface area (Å²) in [4.78, 5) is 31.9. The monoisotopic (exact) mass is 355 g/mol. The molecule has 9 nitrogen and oxygen atoms in total. The average Bonchev–Trinajstić information content (AvgIpc) is 2.93. The van der Waals surface area contributed by atoms with E-state index in [1.165, 1.54) is 18.4 Å². The van der Waals surface area contributed by atoms with Crippen LogP contribution in [-0.2, 0) is 19.1 Å². The summed E-state index contributed by atoms with van der Waals surface area (Å²) in [5.74, 6) is -1.79. The molecule has 0 spiro atoms. The number of Topliss-reactive ketones (excluding diaryl/α,β-unsaturated/α-hetero) is 1. The molecule has 1 aliphatic heterocycles. The van der Waals surface area contributed by atoms with Gasteiger partial charge in [-0.05, 0) is 12.8 Å². The second-order valence-corrected chi connectivity index (χ2v) is 6.29. The number of carbonyl (C=O) groups excluding carboxylic acids is 1. The minimum Gasteiger partial charge on any atom is -0.481 e. The molecule has 0 aromatic carbocycles. The molecule has 4 N–H and O–H groups in total. The third-order valence-corrected chi connectivity index (χ3v) is 4.33. The van der Waals surface area contributed by atoms with Gasteiger partial charge in [0.2, 0.25) is 0 Å². The Bertz CT molecular complexity index is 637. The number of nitrogen functional groups attached to an aromatic ring is 1. The highest BCUT2D eigenvalue weighted by atomic mass is 32.1. The fourth-order valence-electron chi connectivity index (χ4n) is 2.53. The van der Waals surface area contributed by atoms with Gasteiger partial charge in [-0.25, -0.2) is 4.98 Å². The number of anilines is 1. The third-order valence-electron chi connectivity index (χ3n) is 3.66. The fraction of sp³-hybridized carbons (Fsp3) is 0.538. The van der Waals surface area contributed by atoms with E-state index in [0.717, 1.165) is 0 Å². The molecule has 1 aromatic rings. The van der Waals surface area contributed by atoms with Crippen LogP contribution < -0.4 is 5.73 Å². The lowest BCUT2D eigenvalue weighted by Crippen LogP contribution is -2.38. The number of carbonyl (C=O) groups is 2. The van der Waals surface area contributed by atoms with Gasteiger partial charge >= 0.3 is 13.1 Å². The number of ketones is 1. The number of rotatable bonds is 7. The van der Waals surface area contributed by atoms with Crippen molar-refractivity contribution in [1.29, 1.82) is 0 Å². The molecule has 130 valence electrons. The summed E-state index contributed by atoms with van der Waals surface area (Å²) in [6, 6.07) is 0. The second-order valence-electron chi connectivity index (χ2n) is 5.40. The number of aromatic nitrogens is 1. The summed E-state index contributed by atoms with van der Waals surface area (Å²) >= 11 is 1.18. The third kappa shape index (κ3) is 4.76. The van der Waals surface area contributed by atoms with E-state index in [1.54, 1.807) is 5.38 Å². The van der Waals surface area contributed by atoms with Crippen molar-refractivity contribution in [2.45, 2.75) is 37.6 Å². The summed E-state index contributed by atoms with van der Waals surface area (Å²) in [5.41, 5.74) is 5.92. The molecule has 1 aromatic heterocycles. The van der Waals surface area contributed by atoms with E-state index in [1.807, 2.05) is 0 Å². The summed E-state index contributed by atoms with van der Waals surface area (Å²) in [5, 5.41) is 24.4. The first-order valence-corrected chi connectivity index (χ1v) is 8.19. The Morgan fingerprint density at radius 2 is 2.29 bits per heavy atom. The Balaban J connectivity index is 2.00. The molecule has 2 heterocycles. The van der Waals surface area contributed by atoms with Crippen molar-refractivity contribution in [3.8, 4) is 0 Å². The first kappa shape index (κ1) is 18.4. The van der Waals surface area contributed by atoms with E-state index < -0.39 is 25.0 Å². The molecule has 24 heavy (non-hydrogen) atoms. The number of nitrogens with zero attached hydrogens (tertiary/aromatic N) is 2. The Morgan fingerprint density at radius 3 is 2.83 bits per heavy atom. The van der Waals surface area contributed by atoms with Crippen LogP contribution in [0.3, 0.4) is 0 Å². The number of thiazole rings is 1. The number of aliphatic carboxylic acids is 1. The van der Waals surface area contributed by atoms with Crippen LogP contribution in [0.1, 0.15) is 31.4 Å². The molecule has 1 saturated heterocycles. The van der Waals surface area contributed by atoms with Gasteiger partial charge in [-0.3, -0.25) is 9.59 Å². The smallest absolute Gasteiger partial charge is 0.458 e. The molecule has 0 bridgehead atoms. The van der Waals surface area contributed by atoms with Gasteiger partial charge in [0.05, 0.1) is 12.5 Å². The number of hydrogen-bond acceptors (Lipinski definition) is 9. The van der Waals surface area contributed by atoms with Crippen LogP contribution in [0.25, 0.3) is 0 Å². The number of carboxylic acids is 1. The highest BCUT2D eigenvalue weighted by Crippen LogP contribution is 2.31. The Hall–Kier alpha value is -1.98. The molecular formula is C13H18BN3O6S. The van der Waals surface area contributed by atoms with Crippen LogP contribution in [0.5, 0.6) is 0 Å². The van der Waals surface area contributed by atoms with Crippen LogP contribution in [0.2, 0.25) is 5.82 Å². The van der Waals surface area contributed by atoms with E-state index in [9.17, 15) is 14.6 Å². The zero-order valence-electron chi connectivity index (χ0n) is 13.0. The highest BCUT2D eigenvalue weighted by Gasteiger charge is 2.37. The normalized spacial score (nSPS) is 21.6. The zero-order valence-corrected chi connectivity index (χ0v) is 13.9. The van der Waals surface area contributed by atoms with Crippen molar-refractivity contribution in [2.75, 3.05) is 12.8 Å². The predicted octanol–water partition coefficient (Wildman–Crippen LogP) is 0.539. The quantitative estimate of drug-likeness (QED) is 0.365. The molecule has 0 unspecified atom stereocenters. The maximum atomic E-state index is 12.5. The SMILES string of the molecule is CO/N=C(\C(=O)C[C@H]1CC[C@@H](CC(=O)O)OB1O)c1csc(N)n1. The van der Waals surface area contributed by atoms with Crippen LogP contribution in [-0.4, -0.2) is 52.9 Å². The molecule has 0 radical (unpaired) electrons. The lowest BCUT2D eigenvalue weighted by Gasteiger charge is -2.30. The molecular weight excluding hydrogens is 337 g/mol. The van der Waals surface area contributed by atoms with E-state index >= 15 is 0 Å². The molecule has 1 fully saturated rings. The molecule has 2 atom stereocenters. The van der Waals surface area contributed by atoms with Crippen LogP contribution >= 0.6 is 11.3 Å². The molecule has 0 amide bonds. The Kier molecular flexibility index (Phi) is 6.29. The van der Waals surface area contributed by atoms with Gasteiger partial charge in [-0.2, -0.15) is 0 Å². The van der Waals surface area contributed by atoms with Crippen molar-refractivity contribution in [2.24, 2.45) is 5.16 Å². The standard InChI is InChI=1S/C13H18BN3O6S/c1-22-17-12(9-6-24-13(15)16-9)10(18)4-7-2-3-8(5-11(19)20)23-14(7)21/h6-8,21H,2-5H2,1H3,(H2,15,16)(H,19,20)/b17-12-/t7-,8+/m1/s1. The van der Waals surface area contributed by atoms with Crippen LogP contribution in [0.4, 0.5) is 5.13 Å². The molecule has 1 aliphatic rings. The maximum absolute atomic E-state index is 12.5. The number of carboxylic acid groups (broad SMARTS) is 1. The summed E-state index contributed by atoms with van der Waals surface area (Å²) in [6.07, 6.45) is 0.202.